The van der Waals surface area contributed by atoms with Crippen LogP contribution in [0.1, 0.15) is 11.3 Å². The minimum absolute atomic E-state index is 0. The second kappa shape index (κ2) is 6.58. The fraction of sp³-hybridized carbons (Fsp3) is 0.0667. The average Bonchev–Trinajstić information content (AvgIpc) is 2.98. The number of carboxylic acid groups (broad SMARTS) is 1. The summed E-state index contributed by atoms with van der Waals surface area (Å²) >= 11 is 1.51. The summed E-state index contributed by atoms with van der Waals surface area (Å²) in [4.78, 5) is 16.0. The molecule has 0 aliphatic carbocycles. The molecule has 21 heavy (non-hydrogen) atoms. The molecular weight excluding hydrogens is 295 g/mol. The van der Waals surface area contributed by atoms with Crippen LogP contribution in [0.2, 0.25) is 0 Å². The van der Waals surface area contributed by atoms with Crippen LogP contribution in [0.25, 0.3) is 22.3 Å². The van der Waals surface area contributed by atoms with Gasteiger partial charge in [-0.25, -0.2) is 4.98 Å². The Kier molecular flexibility index (Phi) is 5.00. The number of carbonyl (C=O) groups is 1. The average molecular weight is 306 g/mol. The smallest absolute Gasteiger partial charge is 0.545 e. The number of hydrogen-bond acceptors (Lipinski definition) is 4. The van der Waals surface area contributed by atoms with Gasteiger partial charge in [0, 0.05) is 17.1 Å². The standard InChI is InChI=1S/C15H12N2O2S.Na/c1-10-2-4-11(5-3-10)14-12(6-7-13(18)19)17-8-9-20-15(17)16-14;/h2-9H,1H3,(H,18,19);/q;+1/p-1/b7-6+;. The molecule has 0 saturated carbocycles. The Bertz CT molecular complexity index is 803. The summed E-state index contributed by atoms with van der Waals surface area (Å²) in [6, 6.07) is 7.99. The fourth-order valence-corrected chi connectivity index (χ4v) is 2.75. The van der Waals surface area contributed by atoms with Gasteiger partial charge in [0.05, 0.1) is 17.4 Å². The van der Waals surface area contributed by atoms with Gasteiger partial charge >= 0.3 is 29.6 Å². The molecule has 3 aromatic rings. The van der Waals surface area contributed by atoms with E-state index in [-0.39, 0.29) is 29.6 Å². The van der Waals surface area contributed by atoms with Gasteiger partial charge in [-0.05, 0) is 19.1 Å². The number of carboxylic acids is 1. The van der Waals surface area contributed by atoms with Crippen LogP contribution >= 0.6 is 11.3 Å². The van der Waals surface area contributed by atoms with Gasteiger partial charge in [0.1, 0.15) is 0 Å². The molecule has 2 aromatic heterocycles. The van der Waals surface area contributed by atoms with Gasteiger partial charge < -0.3 is 9.90 Å². The molecule has 4 nitrogen and oxygen atoms in total. The number of aromatic nitrogens is 2. The van der Waals surface area contributed by atoms with Crippen LogP contribution in [0.4, 0.5) is 0 Å². The SMILES string of the molecule is Cc1ccc(-c2nc3sccn3c2/C=C/C(=O)[O-])cc1.[Na+]. The van der Waals surface area contributed by atoms with Gasteiger partial charge in [0.2, 0.25) is 0 Å². The maximum absolute atomic E-state index is 10.6. The molecule has 1 aromatic carbocycles. The molecule has 0 bridgehead atoms. The minimum atomic E-state index is -1.22. The Morgan fingerprint density at radius 3 is 2.71 bits per heavy atom. The fourth-order valence-electron chi connectivity index (χ4n) is 2.03. The van der Waals surface area contributed by atoms with Gasteiger partial charge in [0.25, 0.3) is 0 Å². The van der Waals surface area contributed by atoms with Gasteiger partial charge in [-0.3, -0.25) is 4.40 Å². The number of hydrogen-bond donors (Lipinski definition) is 0. The third-order valence-electron chi connectivity index (χ3n) is 3.00. The van der Waals surface area contributed by atoms with Crippen molar-refractivity contribution in [3.63, 3.8) is 0 Å². The van der Waals surface area contributed by atoms with Crippen LogP contribution in [0.3, 0.4) is 0 Å². The first kappa shape index (κ1) is 16.0. The van der Waals surface area contributed by atoms with E-state index in [4.69, 9.17) is 0 Å². The third kappa shape index (κ3) is 3.27. The van der Waals surface area contributed by atoms with Crippen LogP contribution < -0.4 is 34.7 Å². The van der Waals surface area contributed by atoms with Gasteiger partial charge in [-0.15, -0.1) is 11.3 Å². The summed E-state index contributed by atoms with van der Waals surface area (Å²) in [5.74, 6) is -1.22. The maximum atomic E-state index is 10.6. The van der Waals surface area contributed by atoms with E-state index >= 15 is 0 Å². The molecule has 0 aliphatic rings. The Morgan fingerprint density at radius 2 is 2.05 bits per heavy atom. The zero-order chi connectivity index (χ0) is 14.1. The Hall–Kier alpha value is -1.40. The van der Waals surface area contributed by atoms with Crippen molar-refractivity contribution in [3.8, 4) is 11.3 Å². The molecular formula is C15H11N2NaO2S. The molecule has 0 atom stereocenters. The van der Waals surface area contributed by atoms with Gasteiger partial charge in [0.15, 0.2) is 4.96 Å². The summed E-state index contributed by atoms with van der Waals surface area (Å²) < 4.78 is 1.87. The van der Waals surface area contributed by atoms with Crippen LogP contribution in [0.15, 0.2) is 41.9 Å². The topological polar surface area (TPSA) is 57.4 Å². The predicted octanol–water partition coefficient (Wildman–Crippen LogP) is -0.862. The molecule has 0 radical (unpaired) electrons. The largest absolute Gasteiger partial charge is 1.00 e. The first-order valence-electron chi connectivity index (χ1n) is 6.07. The number of aryl methyl sites for hydroxylation is 1. The zero-order valence-electron chi connectivity index (χ0n) is 11.7. The first-order valence-corrected chi connectivity index (χ1v) is 6.95. The van der Waals surface area contributed by atoms with E-state index < -0.39 is 5.97 Å². The Labute approximate surface area is 148 Å². The van der Waals surface area contributed by atoms with Crippen LogP contribution in [0.5, 0.6) is 0 Å². The van der Waals surface area contributed by atoms with E-state index in [1.165, 1.54) is 23.0 Å². The normalized spacial score (nSPS) is 10.9. The summed E-state index contributed by atoms with van der Waals surface area (Å²) in [6.45, 7) is 2.02. The summed E-state index contributed by atoms with van der Waals surface area (Å²) in [7, 11) is 0. The molecule has 6 heteroatoms. The quantitative estimate of drug-likeness (QED) is 0.467. The molecule has 3 rings (SSSR count). The van der Waals surface area contributed by atoms with Crippen LogP contribution in [-0.4, -0.2) is 15.4 Å². The first-order chi connectivity index (χ1) is 9.65. The maximum Gasteiger partial charge on any atom is 1.00 e. The van der Waals surface area contributed by atoms with Crippen molar-refractivity contribution < 1.29 is 39.5 Å². The van der Waals surface area contributed by atoms with Crippen LogP contribution in [0, 0.1) is 6.92 Å². The van der Waals surface area contributed by atoms with Crippen molar-refractivity contribution in [2.45, 2.75) is 6.92 Å². The second-order valence-corrected chi connectivity index (χ2v) is 5.29. The van der Waals surface area contributed by atoms with Gasteiger partial charge in [-0.1, -0.05) is 29.8 Å². The molecule has 0 N–H and O–H groups in total. The van der Waals surface area contributed by atoms with E-state index in [9.17, 15) is 9.90 Å². The van der Waals surface area contributed by atoms with Crippen molar-refractivity contribution in [1.82, 2.24) is 9.38 Å². The zero-order valence-corrected chi connectivity index (χ0v) is 14.6. The summed E-state index contributed by atoms with van der Waals surface area (Å²) in [5.41, 5.74) is 3.65. The van der Waals surface area contributed by atoms with Crippen molar-refractivity contribution >= 4 is 28.3 Å². The molecule has 0 saturated heterocycles. The van der Waals surface area contributed by atoms with Crippen molar-refractivity contribution in [2.24, 2.45) is 0 Å². The van der Waals surface area contributed by atoms with Crippen molar-refractivity contribution in [1.29, 1.82) is 0 Å². The van der Waals surface area contributed by atoms with Gasteiger partial charge in [-0.2, -0.15) is 0 Å². The summed E-state index contributed by atoms with van der Waals surface area (Å²) in [5, 5.41) is 12.6. The molecule has 0 unspecified atom stereocenters. The predicted molar refractivity (Wildman–Crippen MR) is 77.3 cm³/mol. The van der Waals surface area contributed by atoms with E-state index in [1.807, 2.05) is 47.2 Å². The molecule has 2 heterocycles. The molecule has 0 aliphatic heterocycles. The Morgan fingerprint density at radius 1 is 1.33 bits per heavy atom. The number of carbonyl (C=O) groups excluding carboxylic acids is 1. The molecule has 0 spiro atoms. The molecule has 0 fully saturated rings. The van der Waals surface area contributed by atoms with Crippen molar-refractivity contribution in [2.75, 3.05) is 0 Å². The third-order valence-corrected chi connectivity index (χ3v) is 3.76. The Balaban J connectivity index is 0.00000161. The van der Waals surface area contributed by atoms with E-state index in [0.29, 0.717) is 0 Å². The number of fused-ring (bicyclic) bond motifs is 1. The van der Waals surface area contributed by atoms with Crippen molar-refractivity contribution in [3.05, 3.63) is 53.2 Å². The number of imidazole rings is 1. The number of rotatable bonds is 3. The number of aliphatic carboxylic acids is 1. The van der Waals surface area contributed by atoms with E-state index in [1.54, 1.807) is 0 Å². The minimum Gasteiger partial charge on any atom is -0.545 e. The number of nitrogens with zero attached hydrogens (tertiary/aromatic N) is 2. The van der Waals surface area contributed by atoms with E-state index in [0.717, 1.165) is 28.0 Å². The monoisotopic (exact) mass is 306 g/mol. The van der Waals surface area contributed by atoms with Crippen LogP contribution in [-0.2, 0) is 4.79 Å². The number of benzene rings is 1. The number of thiazole rings is 1. The summed E-state index contributed by atoms with van der Waals surface area (Å²) in [6.07, 6.45) is 4.43. The molecule has 100 valence electrons. The van der Waals surface area contributed by atoms with E-state index in [2.05, 4.69) is 4.98 Å². The molecule has 0 amide bonds. The second-order valence-electron chi connectivity index (χ2n) is 4.42.